The second kappa shape index (κ2) is 10.9. The maximum Gasteiger partial charge on any atom is 0.331 e. The molecule has 5 heteroatoms. The number of carbonyl (C=O) groups is 2. The molecule has 0 aromatic heterocycles. The number of hydrogen-bond donors (Lipinski definition) is 0. The summed E-state index contributed by atoms with van der Waals surface area (Å²) in [6, 6.07) is 0. The second-order valence-electron chi connectivity index (χ2n) is 10.1. The lowest BCUT2D eigenvalue weighted by atomic mass is 9.99. The Morgan fingerprint density at radius 2 is 1.52 bits per heavy atom. The molecule has 1 unspecified atom stereocenters. The zero-order chi connectivity index (χ0) is 23.0. The van der Waals surface area contributed by atoms with Crippen LogP contribution in [0, 0.1) is 0 Å². The molecule has 0 radical (unpaired) electrons. The summed E-state index contributed by atoms with van der Waals surface area (Å²) in [6.45, 7) is 23.5. The summed E-state index contributed by atoms with van der Waals surface area (Å²) in [7, 11) is -1.94. The Balaban J connectivity index is 6.52. The third-order valence-corrected chi connectivity index (χ3v) is 5.79. The van der Waals surface area contributed by atoms with E-state index in [1.807, 2.05) is 48.5 Å². The Hall–Kier alpha value is -1.72. The molecule has 0 saturated heterocycles. The molecule has 0 aliphatic heterocycles. The maximum absolute atomic E-state index is 12.9. The van der Waals surface area contributed by atoms with Gasteiger partial charge < -0.3 is 9.47 Å². The molecule has 0 aromatic rings. The van der Waals surface area contributed by atoms with Crippen molar-refractivity contribution in [3.8, 4) is 0 Å². The van der Waals surface area contributed by atoms with E-state index in [1.165, 1.54) is 6.08 Å². The van der Waals surface area contributed by atoms with Gasteiger partial charge in [-0.05, 0) is 66.5 Å². The molecule has 0 bridgehead atoms. The van der Waals surface area contributed by atoms with E-state index in [0.29, 0.717) is 6.42 Å². The molecule has 29 heavy (non-hydrogen) atoms. The van der Waals surface area contributed by atoms with E-state index in [2.05, 4.69) is 26.2 Å². The van der Waals surface area contributed by atoms with Crippen molar-refractivity contribution in [2.24, 2.45) is 0 Å². The minimum Gasteiger partial charge on any atom is -0.457 e. The predicted molar refractivity (Wildman–Crippen MR) is 125 cm³/mol. The maximum atomic E-state index is 12.9. The minimum absolute atomic E-state index is 0.110. The molecule has 0 rings (SSSR count). The molecule has 0 amide bonds. The van der Waals surface area contributed by atoms with Crippen molar-refractivity contribution >= 4 is 19.8 Å². The van der Waals surface area contributed by atoms with Crippen LogP contribution in [0.5, 0.6) is 0 Å². The average molecular weight is 421 g/mol. The summed E-state index contributed by atoms with van der Waals surface area (Å²) in [4.78, 5) is 25.2. The highest BCUT2D eigenvalue weighted by Crippen LogP contribution is 2.29. The summed E-state index contributed by atoms with van der Waals surface area (Å²) in [5, 5.41) is 0.996. The third kappa shape index (κ3) is 11.1. The Labute approximate surface area is 178 Å². The van der Waals surface area contributed by atoms with Gasteiger partial charge in [0.25, 0.3) is 0 Å². The van der Waals surface area contributed by atoms with Crippen LogP contribution < -0.4 is 0 Å². The summed E-state index contributed by atoms with van der Waals surface area (Å²) >= 11 is 0. The van der Waals surface area contributed by atoms with Gasteiger partial charge in [0, 0.05) is 6.08 Å². The quantitative estimate of drug-likeness (QED) is 0.152. The van der Waals surface area contributed by atoms with Crippen molar-refractivity contribution in [1.29, 1.82) is 0 Å². The third-order valence-electron chi connectivity index (χ3n) is 3.69. The molecule has 0 N–H and O–H groups in total. The summed E-state index contributed by atoms with van der Waals surface area (Å²) < 4.78 is 11.6. The first-order chi connectivity index (χ1) is 13.0. The zero-order valence-electron chi connectivity index (χ0n) is 20.0. The molecule has 4 nitrogen and oxygen atoms in total. The first kappa shape index (κ1) is 27.3. The molecule has 0 aromatic carbocycles. The van der Waals surface area contributed by atoms with Crippen molar-refractivity contribution < 1.29 is 19.1 Å². The number of hydrogen-bond acceptors (Lipinski definition) is 4. The normalized spacial score (nSPS) is 15.4. The van der Waals surface area contributed by atoms with Crippen LogP contribution in [0.2, 0.25) is 19.6 Å². The Morgan fingerprint density at radius 3 is 1.90 bits per heavy atom. The molecular formula is C24H40O4Si. The highest BCUT2D eigenvalue weighted by atomic mass is 28.3. The van der Waals surface area contributed by atoms with Crippen LogP contribution in [0.25, 0.3) is 0 Å². The monoisotopic (exact) mass is 420 g/mol. The molecule has 0 aliphatic carbocycles. The topological polar surface area (TPSA) is 52.6 Å². The first-order valence-corrected chi connectivity index (χ1v) is 13.6. The van der Waals surface area contributed by atoms with E-state index in [4.69, 9.17) is 9.47 Å². The van der Waals surface area contributed by atoms with Crippen molar-refractivity contribution in [3.05, 3.63) is 47.7 Å². The number of allylic oxidation sites excluding steroid dienone is 4. The highest BCUT2D eigenvalue weighted by molar-refractivity contribution is 6.83. The van der Waals surface area contributed by atoms with Gasteiger partial charge in [0.2, 0.25) is 0 Å². The van der Waals surface area contributed by atoms with Gasteiger partial charge in [-0.15, -0.1) is 6.58 Å². The standard InChI is InChI=1S/C24H40O4Si/c1-12-14-18(22(19(25)15-13-2)28-24(6,7)8)20(29(9,10)11)16-17-21(26)27-23(3,4)5/h12-13,15-17,22H,1,14H2,2-11H3/b15-13+,17-16-,20-18+. The van der Waals surface area contributed by atoms with Gasteiger partial charge in [0.1, 0.15) is 11.7 Å². The lowest BCUT2D eigenvalue weighted by Crippen LogP contribution is -2.37. The van der Waals surface area contributed by atoms with Gasteiger partial charge in [-0.3, -0.25) is 4.79 Å². The van der Waals surface area contributed by atoms with Crippen LogP contribution in [-0.2, 0) is 19.1 Å². The number of esters is 1. The van der Waals surface area contributed by atoms with Gasteiger partial charge in [-0.25, -0.2) is 4.79 Å². The van der Waals surface area contributed by atoms with E-state index in [1.54, 1.807) is 24.3 Å². The Morgan fingerprint density at radius 1 is 0.966 bits per heavy atom. The SMILES string of the molecule is C=CC/C(=C(/C=C\C(=O)OC(C)(C)C)[Si](C)(C)C)C(OC(C)(C)C)C(=O)/C=C/C. The predicted octanol–water partition coefficient (Wildman–Crippen LogP) is 5.96. The van der Waals surface area contributed by atoms with Crippen molar-refractivity contribution in [2.75, 3.05) is 0 Å². The molecule has 0 spiro atoms. The van der Waals surface area contributed by atoms with E-state index < -0.39 is 31.3 Å². The highest BCUT2D eigenvalue weighted by Gasteiger charge is 2.32. The fraction of sp³-hybridized carbons (Fsp3) is 0.583. The first-order valence-electron chi connectivity index (χ1n) is 10.1. The minimum atomic E-state index is -1.94. The van der Waals surface area contributed by atoms with Crippen LogP contribution in [-0.4, -0.2) is 37.1 Å². The average Bonchev–Trinajstić information content (AvgIpc) is 2.48. The molecule has 0 heterocycles. The van der Waals surface area contributed by atoms with E-state index in [0.717, 1.165) is 10.8 Å². The van der Waals surface area contributed by atoms with Crippen LogP contribution >= 0.6 is 0 Å². The molecule has 164 valence electrons. The molecular weight excluding hydrogens is 380 g/mol. The number of ether oxygens (including phenoxy) is 2. The molecule has 0 aliphatic rings. The second-order valence-corrected chi connectivity index (χ2v) is 15.1. The van der Waals surface area contributed by atoms with Crippen LogP contribution in [0.3, 0.4) is 0 Å². The Bertz CT molecular complexity index is 677. The number of rotatable bonds is 9. The van der Waals surface area contributed by atoms with Crippen LogP contribution in [0.1, 0.15) is 54.9 Å². The number of carbonyl (C=O) groups excluding carboxylic acids is 2. The number of ketones is 1. The van der Waals surface area contributed by atoms with Crippen molar-refractivity contribution in [2.45, 2.75) is 91.8 Å². The van der Waals surface area contributed by atoms with Gasteiger partial charge >= 0.3 is 5.97 Å². The molecule has 0 saturated carbocycles. The summed E-state index contributed by atoms with van der Waals surface area (Å²) in [5.41, 5.74) is -0.209. The largest absolute Gasteiger partial charge is 0.457 e. The fourth-order valence-corrected chi connectivity index (χ4v) is 4.53. The van der Waals surface area contributed by atoms with Crippen LogP contribution in [0.4, 0.5) is 0 Å². The van der Waals surface area contributed by atoms with Crippen LogP contribution in [0.15, 0.2) is 47.7 Å². The van der Waals surface area contributed by atoms with Gasteiger partial charge in [-0.2, -0.15) is 0 Å². The zero-order valence-corrected chi connectivity index (χ0v) is 21.0. The molecule has 1 atom stereocenters. The fourth-order valence-electron chi connectivity index (χ4n) is 2.75. The Kier molecular flexibility index (Phi) is 10.2. The van der Waals surface area contributed by atoms with Crippen molar-refractivity contribution in [3.63, 3.8) is 0 Å². The van der Waals surface area contributed by atoms with Gasteiger partial charge in [-0.1, -0.05) is 43.1 Å². The van der Waals surface area contributed by atoms with Crippen molar-refractivity contribution in [1.82, 2.24) is 0 Å². The lowest BCUT2D eigenvalue weighted by Gasteiger charge is -2.31. The van der Waals surface area contributed by atoms with E-state index in [9.17, 15) is 9.59 Å². The smallest absolute Gasteiger partial charge is 0.331 e. The summed E-state index contributed by atoms with van der Waals surface area (Å²) in [6.07, 6.45) is 8.07. The lowest BCUT2D eigenvalue weighted by molar-refractivity contribution is -0.148. The van der Waals surface area contributed by atoms with E-state index in [-0.39, 0.29) is 5.78 Å². The van der Waals surface area contributed by atoms with Gasteiger partial charge in [0.05, 0.1) is 13.7 Å². The molecule has 0 fully saturated rings. The van der Waals surface area contributed by atoms with Gasteiger partial charge in [0.15, 0.2) is 5.78 Å². The van der Waals surface area contributed by atoms with E-state index >= 15 is 0 Å². The summed E-state index contributed by atoms with van der Waals surface area (Å²) in [5.74, 6) is -0.514.